The molecule has 15 heteroatoms. The molecular formula is C35H35N3O12. The van der Waals surface area contributed by atoms with Gasteiger partial charge in [0, 0.05) is 17.7 Å². The topological polar surface area (TPSA) is 272 Å². The summed E-state index contributed by atoms with van der Waals surface area (Å²) >= 11 is 0. The lowest BCUT2D eigenvalue weighted by atomic mass is 9.78. The number of hydrogen-bond acceptors (Lipinski definition) is 12. The Bertz CT molecular complexity index is 2110. The van der Waals surface area contributed by atoms with E-state index in [1.54, 1.807) is 12.1 Å². The first-order valence-corrected chi connectivity index (χ1v) is 15.6. The van der Waals surface area contributed by atoms with Crippen LogP contribution in [0.5, 0.6) is 23.0 Å². The summed E-state index contributed by atoms with van der Waals surface area (Å²) in [5.41, 5.74) is 11.0. The van der Waals surface area contributed by atoms with Crippen molar-refractivity contribution in [2.75, 3.05) is 6.54 Å². The lowest BCUT2D eigenvalue weighted by Gasteiger charge is -2.45. The molecule has 2 aliphatic rings. The molecule has 6 rings (SSSR count). The molecule has 6 unspecified atom stereocenters. The highest BCUT2D eigenvalue weighted by molar-refractivity contribution is 5.93. The van der Waals surface area contributed by atoms with Crippen molar-refractivity contribution in [3.05, 3.63) is 81.5 Å². The molecular weight excluding hydrogens is 654 g/mol. The van der Waals surface area contributed by atoms with Crippen LogP contribution >= 0.6 is 0 Å². The molecule has 0 radical (unpaired) electrons. The van der Waals surface area contributed by atoms with E-state index < -0.39 is 76.7 Å². The highest BCUT2D eigenvalue weighted by Crippen LogP contribution is 2.46. The maximum atomic E-state index is 13.4. The molecule has 1 saturated heterocycles. The van der Waals surface area contributed by atoms with Gasteiger partial charge in [0.25, 0.3) is 0 Å². The Labute approximate surface area is 283 Å². The second-order valence-corrected chi connectivity index (χ2v) is 12.3. The van der Waals surface area contributed by atoms with Gasteiger partial charge in [0.05, 0.1) is 6.54 Å². The fourth-order valence-corrected chi connectivity index (χ4v) is 6.47. The van der Waals surface area contributed by atoms with Crippen molar-refractivity contribution in [1.82, 2.24) is 0 Å². The number of nitrogens with zero attached hydrogens (tertiary/aromatic N) is 1. The van der Waals surface area contributed by atoms with Crippen molar-refractivity contribution in [2.45, 2.75) is 55.9 Å². The zero-order valence-corrected chi connectivity index (χ0v) is 26.6. The summed E-state index contributed by atoms with van der Waals surface area (Å²) in [7, 11) is 0. The minimum absolute atomic E-state index is 0.0198. The maximum absolute atomic E-state index is 13.4. The number of allylic oxidation sites excluding steroid dienone is 1. The van der Waals surface area contributed by atoms with Crippen LogP contribution in [0.4, 0.5) is 0 Å². The highest BCUT2D eigenvalue weighted by atomic mass is 16.7. The van der Waals surface area contributed by atoms with E-state index in [1.807, 2.05) is 24.3 Å². The van der Waals surface area contributed by atoms with Crippen LogP contribution < -0.4 is 21.6 Å². The van der Waals surface area contributed by atoms with Crippen LogP contribution in [-0.4, -0.2) is 84.4 Å². The molecule has 50 heavy (non-hydrogen) atoms. The third kappa shape index (κ3) is 5.96. The van der Waals surface area contributed by atoms with Gasteiger partial charge in [-0.15, -0.1) is 0 Å². The number of benzene rings is 3. The van der Waals surface area contributed by atoms with Gasteiger partial charge < -0.3 is 61.1 Å². The predicted molar refractivity (Wildman–Crippen MR) is 179 cm³/mol. The Morgan fingerprint density at radius 2 is 1.76 bits per heavy atom. The van der Waals surface area contributed by atoms with Crippen molar-refractivity contribution in [1.29, 1.82) is 0 Å². The van der Waals surface area contributed by atoms with Crippen molar-refractivity contribution in [3.63, 3.8) is 0 Å². The number of carbonyl (C=O) groups is 1. The number of aliphatic imine (C=N–C) groups is 1. The molecule has 3 aromatic carbocycles. The highest BCUT2D eigenvalue weighted by Gasteiger charge is 2.58. The Balaban J connectivity index is 1.44. The Kier molecular flexibility index (Phi) is 8.92. The zero-order chi connectivity index (χ0) is 36.1. The molecule has 2 heterocycles. The lowest BCUT2D eigenvalue weighted by Crippen LogP contribution is -2.70. The molecule has 262 valence electrons. The average Bonchev–Trinajstić information content (AvgIpc) is 3.08. The largest absolute Gasteiger partial charge is 0.508 e. The smallest absolute Gasteiger partial charge is 0.335 e. The third-order valence-corrected chi connectivity index (χ3v) is 9.12. The number of phenols is 3. The summed E-state index contributed by atoms with van der Waals surface area (Å²) < 4.78 is 16.9. The molecule has 1 fully saturated rings. The summed E-state index contributed by atoms with van der Waals surface area (Å²) in [4.78, 5) is 28.9. The molecule has 0 spiro atoms. The first-order valence-electron chi connectivity index (χ1n) is 15.6. The van der Waals surface area contributed by atoms with Crippen LogP contribution in [0, 0.1) is 0 Å². The second-order valence-electron chi connectivity index (χ2n) is 12.3. The molecule has 0 bridgehead atoms. The lowest BCUT2D eigenvalue weighted by molar-refractivity contribution is -0.303. The van der Waals surface area contributed by atoms with Gasteiger partial charge in [-0.1, -0.05) is 37.3 Å². The number of fused-ring (bicyclic) bond motifs is 2. The van der Waals surface area contributed by atoms with Gasteiger partial charge in [0.1, 0.15) is 40.3 Å². The summed E-state index contributed by atoms with van der Waals surface area (Å²) in [6.07, 6.45) is -5.20. The monoisotopic (exact) mass is 689 g/mol. The van der Waals surface area contributed by atoms with Gasteiger partial charge in [0.2, 0.25) is 12.0 Å². The minimum atomic E-state index is -2.72. The van der Waals surface area contributed by atoms with E-state index in [0.717, 1.165) is 29.7 Å². The van der Waals surface area contributed by atoms with E-state index >= 15 is 0 Å². The van der Waals surface area contributed by atoms with Crippen LogP contribution in [0.1, 0.15) is 42.4 Å². The molecule has 1 aliphatic heterocycles. The number of ether oxygens (including phenoxy) is 2. The predicted octanol–water partition coefficient (Wildman–Crippen LogP) is 1.93. The molecule has 0 amide bonds. The fourth-order valence-electron chi connectivity index (χ4n) is 6.47. The van der Waals surface area contributed by atoms with Crippen LogP contribution in [0.15, 0.2) is 68.8 Å². The van der Waals surface area contributed by atoms with Crippen molar-refractivity contribution >= 4 is 34.5 Å². The maximum Gasteiger partial charge on any atom is 0.335 e. The first kappa shape index (κ1) is 34.3. The zero-order valence-electron chi connectivity index (χ0n) is 26.6. The molecule has 4 aromatic rings. The number of rotatable bonds is 8. The Hall–Kier alpha value is -5.61. The van der Waals surface area contributed by atoms with Gasteiger partial charge in [-0.2, -0.15) is 0 Å². The molecule has 6 atom stereocenters. The second kappa shape index (κ2) is 13.0. The van der Waals surface area contributed by atoms with E-state index in [2.05, 4.69) is 18.0 Å². The molecule has 0 saturated carbocycles. The number of aliphatic hydroxyl groups excluding tert-OH is 2. The van der Waals surface area contributed by atoms with E-state index in [4.69, 9.17) is 25.4 Å². The van der Waals surface area contributed by atoms with Gasteiger partial charge in [-0.3, -0.25) is 9.79 Å². The first-order chi connectivity index (χ1) is 23.7. The number of aromatic hydroxyl groups is 3. The minimum Gasteiger partial charge on any atom is -0.508 e. The number of carboxylic acid groups (broad SMARTS) is 1. The van der Waals surface area contributed by atoms with Crippen LogP contribution in [0.2, 0.25) is 0 Å². The number of carboxylic acids is 1. The van der Waals surface area contributed by atoms with Crippen molar-refractivity contribution < 1.29 is 54.4 Å². The van der Waals surface area contributed by atoms with E-state index in [1.165, 1.54) is 11.6 Å². The normalized spacial score (nSPS) is 24.6. The fraction of sp³-hybridized carbons (Fsp3) is 0.286. The Morgan fingerprint density at radius 3 is 2.46 bits per heavy atom. The van der Waals surface area contributed by atoms with Gasteiger partial charge in [-0.05, 0) is 59.2 Å². The number of aliphatic carboxylic acids is 1. The summed E-state index contributed by atoms with van der Waals surface area (Å²) in [6.45, 7) is 1.22. The van der Waals surface area contributed by atoms with Gasteiger partial charge in [-0.25, -0.2) is 4.79 Å². The number of aliphatic hydroxyl groups is 3. The van der Waals surface area contributed by atoms with Crippen LogP contribution in [0.25, 0.3) is 33.9 Å². The van der Waals surface area contributed by atoms with E-state index in [0.29, 0.717) is 17.5 Å². The standard InChI is InChI=1S/C35H35N3O12/c1-2-15-9-17(10-16-5-3-4-6-19(15)16)21-11-18(39)7-8-20(21)23-12-22(40)26-24(48-23)13-25(27(41)28(26)42)49-33-31(44)35(47,14-38-34(36)37)30(43)29(50-33)32(45)46/h3-8,10-13,15,29-31,33,39,41-44,47H,2,9,14H2,1H3,(H,45,46)(H4,36,37,38). The summed E-state index contributed by atoms with van der Waals surface area (Å²) in [5.74, 6) is -4.67. The summed E-state index contributed by atoms with van der Waals surface area (Å²) in [6, 6.07) is 14.7. The molecule has 1 aromatic heterocycles. The van der Waals surface area contributed by atoms with Crippen LogP contribution in [0.3, 0.4) is 0 Å². The number of nitrogens with two attached hydrogens (primary N) is 2. The SMILES string of the molecule is CCC1CC(c2cc(O)ccc2-c2cc(=O)c3c(O)c(O)c(OC4OC(C(=O)O)C(O)C(O)(CN=C(N)N)C4O)cc3o2)=Cc2ccccc21. The number of hydrogen-bond donors (Lipinski definition) is 9. The van der Waals surface area contributed by atoms with Crippen molar-refractivity contribution in [2.24, 2.45) is 16.5 Å². The number of guanidine groups is 1. The molecule has 1 aliphatic carbocycles. The van der Waals surface area contributed by atoms with E-state index in [9.17, 15) is 45.3 Å². The van der Waals surface area contributed by atoms with E-state index in [-0.39, 0.29) is 23.0 Å². The summed E-state index contributed by atoms with van der Waals surface area (Å²) in [5, 5.41) is 74.1. The van der Waals surface area contributed by atoms with Crippen molar-refractivity contribution in [3.8, 4) is 34.3 Å². The molecule has 11 N–H and O–H groups in total. The average molecular weight is 690 g/mol. The quantitative estimate of drug-likeness (QED) is 0.0727. The molecule has 15 nitrogen and oxygen atoms in total. The third-order valence-electron chi connectivity index (χ3n) is 9.12. The Morgan fingerprint density at radius 1 is 1.02 bits per heavy atom. The van der Waals surface area contributed by atoms with Gasteiger partial charge >= 0.3 is 5.97 Å². The van der Waals surface area contributed by atoms with Crippen LogP contribution in [-0.2, 0) is 9.53 Å². The number of phenolic OH excluding ortho intramolecular Hbond substituents is 3. The van der Waals surface area contributed by atoms with Gasteiger partial charge in [0.15, 0.2) is 29.0 Å².